The van der Waals surface area contributed by atoms with Gasteiger partial charge in [0, 0.05) is 42.3 Å². The van der Waals surface area contributed by atoms with Gasteiger partial charge in [0.15, 0.2) is 0 Å². The van der Waals surface area contributed by atoms with Crippen molar-refractivity contribution in [2.45, 2.75) is 19.5 Å². The second-order valence-corrected chi connectivity index (χ2v) is 5.85. The van der Waals surface area contributed by atoms with Gasteiger partial charge < -0.3 is 10.1 Å². The topological polar surface area (TPSA) is 24.5 Å². The number of rotatable bonds is 5. The van der Waals surface area contributed by atoms with Gasteiger partial charge >= 0.3 is 0 Å². The van der Waals surface area contributed by atoms with E-state index in [1.54, 1.807) is 6.07 Å². The predicted octanol–water partition coefficient (Wildman–Crippen LogP) is 2.40. The summed E-state index contributed by atoms with van der Waals surface area (Å²) >= 11 is 3.37. The monoisotopic (exact) mass is 330 g/mol. The van der Waals surface area contributed by atoms with Crippen LogP contribution in [0.4, 0.5) is 4.39 Å². The zero-order valence-electron chi connectivity index (χ0n) is 11.2. The Kier molecular flexibility index (Phi) is 5.76. The molecule has 1 aliphatic heterocycles. The fourth-order valence-electron chi connectivity index (χ4n) is 2.20. The average molecular weight is 331 g/mol. The molecule has 0 radical (unpaired) electrons. The second kappa shape index (κ2) is 7.33. The van der Waals surface area contributed by atoms with Gasteiger partial charge in [-0.1, -0.05) is 15.9 Å². The Morgan fingerprint density at radius 2 is 2.16 bits per heavy atom. The highest BCUT2D eigenvalue weighted by Crippen LogP contribution is 2.15. The molecule has 0 aliphatic carbocycles. The quantitative estimate of drug-likeness (QED) is 0.897. The predicted molar refractivity (Wildman–Crippen MR) is 77.7 cm³/mol. The molecule has 0 saturated carbocycles. The lowest BCUT2D eigenvalue weighted by atomic mass is 10.2. The number of morpholine rings is 1. The molecule has 1 saturated heterocycles. The smallest absolute Gasteiger partial charge is 0.127 e. The molecule has 0 aromatic heterocycles. The van der Waals surface area contributed by atoms with Crippen LogP contribution in [0.25, 0.3) is 0 Å². The molecule has 0 bridgehead atoms. The zero-order chi connectivity index (χ0) is 13.7. The molecule has 106 valence electrons. The summed E-state index contributed by atoms with van der Waals surface area (Å²) in [6.07, 6.45) is 0. The van der Waals surface area contributed by atoms with E-state index in [0.717, 1.165) is 37.3 Å². The maximum absolute atomic E-state index is 13.6. The molecule has 2 rings (SSSR count). The van der Waals surface area contributed by atoms with Crippen molar-refractivity contribution in [2.24, 2.45) is 0 Å². The lowest BCUT2D eigenvalue weighted by Crippen LogP contribution is -2.44. The van der Waals surface area contributed by atoms with Crippen LogP contribution in [0.3, 0.4) is 0 Å². The van der Waals surface area contributed by atoms with Crippen molar-refractivity contribution in [2.75, 3.05) is 32.8 Å². The first kappa shape index (κ1) is 14.9. The average Bonchev–Trinajstić information content (AvgIpc) is 2.41. The van der Waals surface area contributed by atoms with E-state index in [0.29, 0.717) is 18.2 Å². The molecule has 1 aromatic rings. The van der Waals surface area contributed by atoms with E-state index in [9.17, 15) is 4.39 Å². The molecule has 1 unspecified atom stereocenters. The summed E-state index contributed by atoms with van der Waals surface area (Å²) in [4.78, 5) is 2.37. The largest absolute Gasteiger partial charge is 0.379 e. The van der Waals surface area contributed by atoms with Crippen LogP contribution >= 0.6 is 15.9 Å². The van der Waals surface area contributed by atoms with Gasteiger partial charge in [0.05, 0.1) is 13.2 Å². The minimum absolute atomic E-state index is 0.158. The van der Waals surface area contributed by atoms with Crippen LogP contribution in [0.5, 0.6) is 0 Å². The van der Waals surface area contributed by atoms with E-state index in [4.69, 9.17) is 4.74 Å². The summed E-state index contributed by atoms with van der Waals surface area (Å²) in [5.74, 6) is -0.158. The Morgan fingerprint density at radius 1 is 1.42 bits per heavy atom. The molecule has 3 nitrogen and oxygen atoms in total. The Morgan fingerprint density at radius 3 is 2.89 bits per heavy atom. The Bertz CT molecular complexity index is 410. The summed E-state index contributed by atoms with van der Waals surface area (Å²) in [6, 6.07) is 5.37. The Hall–Kier alpha value is -0.490. The molecule has 5 heteroatoms. The third-order valence-corrected chi connectivity index (χ3v) is 3.78. The molecule has 1 aromatic carbocycles. The maximum atomic E-state index is 13.6. The van der Waals surface area contributed by atoms with E-state index < -0.39 is 0 Å². The van der Waals surface area contributed by atoms with Crippen molar-refractivity contribution in [1.82, 2.24) is 10.2 Å². The molecule has 1 fully saturated rings. The van der Waals surface area contributed by atoms with Gasteiger partial charge in [-0.2, -0.15) is 0 Å². The van der Waals surface area contributed by atoms with Crippen molar-refractivity contribution in [1.29, 1.82) is 0 Å². The van der Waals surface area contributed by atoms with Crippen LogP contribution in [-0.4, -0.2) is 43.8 Å². The number of ether oxygens (including phenoxy) is 1. The molecule has 1 atom stereocenters. The molecule has 19 heavy (non-hydrogen) atoms. The molecule has 1 aliphatic rings. The summed E-state index contributed by atoms with van der Waals surface area (Å²) in [6.45, 7) is 7.25. The molecule has 0 amide bonds. The van der Waals surface area contributed by atoms with Gasteiger partial charge in [-0.3, -0.25) is 4.90 Å². The van der Waals surface area contributed by atoms with Crippen LogP contribution in [0.2, 0.25) is 0 Å². The molecule has 0 spiro atoms. The molecular formula is C14H20BrFN2O. The van der Waals surface area contributed by atoms with Gasteiger partial charge in [0.2, 0.25) is 0 Å². The summed E-state index contributed by atoms with van der Waals surface area (Å²) in [5, 5.41) is 3.37. The van der Waals surface area contributed by atoms with Crippen molar-refractivity contribution < 1.29 is 9.13 Å². The van der Waals surface area contributed by atoms with Crippen LogP contribution in [0, 0.1) is 5.82 Å². The summed E-state index contributed by atoms with van der Waals surface area (Å²) in [7, 11) is 0. The second-order valence-electron chi connectivity index (χ2n) is 4.93. The van der Waals surface area contributed by atoms with Crippen LogP contribution in [0.15, 0.2) is 22.7 Å². The summed E-state index contributed by atoms with van der Waals surface area (Å²) < 4.78 is 19.8. The highest BCUT2D eigenvalue weighted by molar-refractivity contribution is 9.10. The number of halogens is 2. The normalized spacial score (nSPS) is 18.5. The number of nitrogens with one attached hydrogen (secondary N) is 1. The standard InChI is InChI=1S/C14H20BrFN2O/c1-11(10-18-4-6-19-7-5-18)17-9-12-8-13(15)2-3-14(12)16/h2-3,8,11,17H,4-7,9-10H2,1H3. The lowest BCUT2D eigenvalue weighted by Gasteiger charge is -2.29. The number of nitrogens with zero attached hydrogens (tertiary/aromatic N) is 1. The fourth-order valence-corrected chi connectivity index (χ4v) is 2.61. The van der Waals surface area contributed by atoms with Crippen LogP contribution in [0.1, 0.15) is 12.5 Å². The Balaban J connectivity index is 1.79. The minimum atomic E-state index is -0.158. The highest BCUT2D eigenvalue weighted by atomic mass is 79.9. The number of benzene rings is 1. The van der Waals surface area contributed by atoms with Crippen molar-refractivity contribution in [3.63, 3.8) is 0 Å². The zero-order valence-corrected chi connectivity index (χ0v) is 12.7. The fraction of sp³-hybridized carbons (Fsp3) is 0.571. The Labute approximate surface area is 122 Å². The SMILES string of the molecule is CC(CN1CCOCC1)NCc1cc(Br)ccc1F. The number of hydrogen-bond donors (Lipinski definition) is 1. The van der Waals surface area contributed by atoms with Crippen molar-refractivity contribution in [3.05, 3.63) is 34.1 Å². The third kappa shape index (κ3) is 4.84. The van der Waals surface area contributed by atoms with E-state index in [2.05, 4.69) is 33.1 Å². The van der Waals surface area contributed by atoms with Gasteiger partial charge in [-0.15, -0.1) is 0 Å². The van der Waals surface area contributed by atoms with Crippen molar-refractivity contribution in [3.8, 4) is 0 Å². The van der Waals surface area contributed by atoms with Gasteiger partial charge in [0.25, 0.3) is 0 Å². The summed E-state index contributed by atoms with van der Waals surface area (Å²) in [5.41, 5.74) is 0.697. The number of hydrogen-bond acceptors (Lipinski definition) is 3. The van der Waals surface area contributed by atoms with E-state index in [1.165, 1.54) is 6.07 Å². The first-order valence-electron chi connectivity index (χ1n) is 6.62. The molecule has 1 N–H and O–H groups in total. The molecule has 1 heterocycles. The van der Waals surface area contributed by atoms with Gasteiger partial charge in [-0.25, -0.2) is 4.39 Å². The van der Waals surface area contributed by atoms with E-state index >= 15 is 0 Å². The molecular weight excluding hydrogens is 311 g/mol. The third-order valence-electron chi connectivity index (χ3n) is 3.28. The highest BCUT2D eigenvalue weighted by Gasteiger charge is 2.13. The minimum Gasteiger partial charge on any atom is -0.379 e. The van der Waals surface area contributed by atoms with Crippen LogP contribution in [-0.2, 0) is 11.3 Å². The van der Waals surface area contributed by atoms with Gasteiger partial charge in [0.1, 0.15) is 5.82 Å². The van der Waals surface area contributed by atoms with E-state index in [-0.39, 0.29) is 5.82 Å². The van der Waals surface area contributed by atoms with Crippen molar-refractivity contribution >= 4 is 15.9 Å². The van der Waals surface area contributed by atoms with Gasteiger partial charge in [-0.05, 0) is 25.1 Å². The van der Waals surface area contributed by atoms with Crippen LogP contribution < -0.4 is 5.32 Å². The first-order valence-corrected chi connectivity index (χ1v) is 7.42. The van der Waals surface area contributed by atoms with E-state index in [1.807, 2.05) is 6.07 Å². The maximum Gasteiger partial charge on any atom is 0.127 e. The lowest BCUT2D eigenvalue weighted by molar-refractivity contribution is 0.0343. The first-order chi connectivity index (χ1) is 9.15.